The number of carbonyl (C=O) groups is 1. The molecule has 0 radical (unpaired) electrons. The van der Waals surface area contributed by atoms with Gasteiger partial charge in [-0.2, -0.15) is 13.2 Å². The van der Waals surface area contributed by atoms with Crippen molar-refractivity contribution in [1.29, 1.82) is 0 Å². The molecule has 0 bridgehead atoms. The second-order valence-corrected chi connectivity index (χ2v) is 9.52. The van der Waals surface area contributed by atoms with Crippen LogP contribution < -0.4 is 9.62 Å². The smallest absolute Gasteiger partial charge is 0.354 e. The van der Waals surface area contributed by atoms with Crippen LogP contribution in [0.25, 0.3) is 0 Å². The minimum atomic E-state index is -4.68. The largest absolute Gasteiger partial charge is 0.416 e. The molecule has 0 saturated carbocycles. The fourth-order valence-corrected chi connectivity index (χ4v) is 4.14. The molecule has 170 valence electrons. The maximum absolute atomic E-state index is 13.1. The minimum Gasteiger partial charge on any atom is -0.354 e. The van der Waals surface area contributed by atoms with Gasteiger partial charge in [0.1, 0.15) is 6.54 Å². The van der Waals surface area contributed by atoms with Crippen LogP contribution in [0.15, 0.2) is 48.5 Å². The number of carbonyl (C=O) groups excluding carboxylic acids is 1. The Hall–Kier alpha value is -2.26. The van der Waals surface area contributed by atoms with E-state index in [0.29, 0.717) is 16.9 Å². The van der Waals surface area contributed by atoms with Gasteiger partial charge in [0.2, 0.25) is 15.9 Å². The Morgan fingerprint density at radius 2 is 1.81 bits per heavy atom. The molecule has 0 spiro atoms. The van der Waals surface area contributed by atoms with Crippen LogP contribution in [0.3, 0.4) is 0 Å². The number of alkyl halides is 3. The first kappa shape index (κ1) is 25.0. The third kappa shape index (κ3) is 7.43. The number of sulfonamides is 1. The van der Waals surface area contributed by atoms with E-state index in [1.54, 1.807) is 0 Å². The molecule has 0 fully saturated rings. The van der Waals surface area contributed by atoms with Crippen LogP contribution in [0, 0.1) is 5.92 Å². The van der Waals surface area contributed by atoms with Crippen LogP contribution in [-0.4, -0.2) is 33.7 Å². The molecule has 2 rings (SSSR count). The summed E-state index contributed by atoms with van der Waals surface area (Å²) in [6, 6.07) is 12.0. The SMILES string of the molecule is CCC(CNC(=O)CN(c1cc(C(F)(F)F)ccc1Cl)S(C)(=O)=O)Cc1ccccc1. The van der Waals surface area contributed by atoms with Gasteiger partial charge < -0.3 is 5.32 Å². The first-order chi connectivity index (χ1) is 14.4. The fraction of sp³-hybridized carbons (Fsp3) is 0.381. The standard InChI is InChI=1S/C21H24ClF3N2O3S/c1-3-15(11-16-7-5-4-6-8-16)13-26-20(28)14-27(31(2,29)30)19-12-17(21(23,24)25)9-10-18(19)22/h4-10,12,15H,3,11,13-14H2,1-2H3,(H,26,28). The van der Waals surface area contributed by atoms with Crippen molar-refractivity contribution in [2.75, 3.05) is 23.7 Å². The fourth-order valence-electron chi connectivity index (χ4n) is 3.01. The Kier molecular flexibility index (Phi) is 8.36. The predicted molar refractivity (Wildman–Crippen MR) is 116 cm³/mol. The summed E-state index contributed by atoms with van der Waals surface area (Å²) in [5, 5.41) is 2.47. The normalized spacial score (nSPS) is 13.0. The predicted octanol–water partition coefficient (Wildman–Crippen LogP) is 4.51. The first-order valence-electron chi connectivity index (χ1n) is 9.57. The molecule has 10 heteroatoms. The summed E-state index contributed by atoms with van der Waals surface area (Å²) in [6.45, 7) is 1.60. The maximum atomic E-state index is 13.1. The van der Waals surface area contributed by atoms with Gasteiger partial charge in [0.05, 0.1) is 22.5 Å². The van der Waals surface area contributed by atoms with Gasteiger partial charge in [0, 0.05) is 6.54 Å². The lowest BCUT2D eigenvalue weighted by Crippen LogP contribution is -2.42. The average molecular weight is 477 g/mol. The van der Waals surface area contributed by atoms with E-state index in [2.05, 4.69) is 5.32 Å². The van der Waals surface area contributed by atoms with Crippen molar-refractivity contribution in [3.63, 3.8) is 0 Å². The lowest BCUT2D eigenvalue weighted by Gasteiger charge is -2.24. The maximum Gasteiger partial charge on any atom is 0.416 e. The Balaban J connectivity index is 2.14. The number of nitrogens with one attached hydrogen (secondary N) is 1. The van der Waals surface area contributed by atoms with Gasteiger partial charge in [0.15, 0.2) is 0 Å². The molecule has 1 atom stereocenters. The van der Waals surface area contributed by atoms with E-state index in [1.165, 1.54) is 0 Å². The molecule has 1 amide bonds. The number of anilines is 1. The van der Waals surface area contributed by atoms with E-state index in [4.69, 9.17) is 11.6 Å². The quantitative estimate of drug-likeness (QED) is 0.579. The highest BCUT2D eigenvalue weighted by Gasteiger charge is 2.33. The van der Waals surface area contributed by atoms with Gasteiger partial charge in [0.25, 0.3) is 0 Å². The zero-order valence-electron chi connectivity index (χ0n) is 17.1. The second kappa shape index (κ2) is 10.4. The molecule has 5 nitrogen and oxygen atoms in total. The molecule has 0 heterocycles. The Morgan fingerprint density at radius 3 is 2.35 bits per heavy atom. The van der Waals surface area contributed by atoms with E-state index in [1.807, 2.05) is 37.3 Å². The summed E-state index contributed by atoms with van der Waals surface area (Å²) in [7, 11) is -4.07. The Bertz CT molecular complexity index is 999. The van der Waals surface area contributed by atoms with E-state index in [-0.39, 0.29) is 10.9 Å². The molecule has 0 aliphatic heterocycles. The van der Waals surface area contributed by atoms with Crippen LogP contribution in [0.5, 0.6) is 0 Å². The molecule has 1 unspecified atom stereocenters. The van der Waals surface area contributed by atoms with Crippen LogP contribution >= 0.6 is 11.6 Å². The summed E-state index contributed by atoms with van der Waals surface area (Å²) in [6.07, 6.45) is -2.37. The van der Waals surface area contributed by atoms with Gasteiger partial charge >= 0.3 is 6.18 Å². The second-order valence-electron chi connectivity index (χ2n) is 7.20. The number of hydrogen-bond donors (Lipinski definition) is 1. The van der Waals surface area contributed by atoms with Gasteiger partial charge in [-0.05, 0) is 36.1 Å². The van der Waals surface area contributed by atoms with Crippen molar-refractivity contribution >= 4 is 33.2 Å². The van der Waals surface area contributed by atoms with Crippen LogP contribution in [0.4, 0.5) is 18.9 Å². The van der Waals surface area contributed by atoms with E-state index in [9.17, 15) is 26.4 Å². The highest BCUT2D eigenvalue weighted by molar-refractivity contribution is 7.92. The molecule has 31 heavy (non-hydrogen) atoms. The molecule has 1 N–H and O–H groups in total. The van der Waals surface area contributed by atoms with Gasteiger partial charge in [-0.1, -0.05) is 55.3 Å². The summed E-state index contributed by atoms with van der Waals surface area (Å²) in [4.78, 5) is 12.5. The van der Waals surface area contributed by atoms with Crippen molar-refractivity contribution < 1.29 is 26.4 Å². The molecular formula is C21H24ClF3N2O3S. The number of rotatable bonds is 9. The molecule has 0 aliphatic rings. The lowest BCUT2D eigenvalue weighted by molar-refractivity contribution is -0.137. The van der Waals surface area contributed by atoms with Crippen molar-refractivity contribution in [1.82, 2.24) is 5.32 Å². The third-order valence-corrected chi connectivity index (χ3v) is 6.21. The van der Waals surface area contributed by atoms with Crippen molar-refractivity contribution in [3.8, 4) is 0 Å². The molecule has 0 aromatic heterocycles. The molecule has 0 aliphatic carbocycles. The zero-order valence-corrected chi connectivity index (χ0v) is 18.7. The van der Waals surface area contributed by atoms with Crippen LogP contribution in [-0.2, 0) is 27.4 Å². The number of benzene rings is 2. The summed E-state index contributed by atoms with van der Waals surface area (Å²) in [5.41, 5.74) is -0.350. The van der Waals surface area contributed by atoms with E-state index >= 15 is 0 Å². The van der Waals surface area contributed by atoms with Gasteiger partial charge in [-0.15, -0.1) is 0 Å². The number of nitrogens with zero attached hydrogens (tertiary/aromatic N) is 1. The van der Waals surface area contributed by atoms with Crippen molar-refractivity contribution in [2.45, 2.75) is 25.9 Å². The third-order valence-electron chi connectivity index (χ3n) is 4.76. The molecular weight excluding hydrogens is 453 g/mol. The van der Waals surface area contributed by atoms with Gasteiger partial charge in [-0.25, -0.2) is 8.42 Å². The number of amides is 1. The summed E-state index contributed by atoms with van der Waals surface area (Å²) < 4.78 is 64.2. The van der Waals surface area contributed by atoms with Crippen molar-refractivity contribution in [3.05, 3.63) is 64.7 Å². The van der Waals surface area contributed by atoms with E-state index < -0.39 is 39.9 Å². The van der Waals surface area contributed by atoms with Crippen LogP contribution in [0.1, 0.15) is 24.5 Å². The molecule has 2 aromatic carbocycles. The molecule has 0 saturated heterocycles. The summed E-state index contributed by atoms with van der Waals surface area (Å²) >= 11 is 5.97. The molecule has 2 aromatic rings. The highest BCUT2D eigenvalue weighted by atomic mass is 35.5. The Morgan fingerprint density at radius 1 is 1.16 bits per heavy atom. The van der Waals surface area contributed by atoms with Gasteiger partial charge in [-0.3, -0.25) is 9.10 Å². The van der Waals surface area contributed by atoms with Crippen molar-refractivity contribution in [2.24, 2.45) is 5.92 Å². The van der Waals surface area contributed by atoms with E-state index in [0.717, 1.165) is 36.8 Å². The zero-order chi connectivity index (χ0) is 23.2. The topological polar surface area (TPSA) is 66.5 Å². The Labute approximate surface area is 185 Å². The highest BCUT2D eigenvalue weighted by Crippen LogP contribution is 2.36. The average Bonchev–Trinajstić information content (AvgIpc) is 2.69. The number of halogens is 4. The minimum absolute atomic E-state index is 0.121. The lowest BCUT2D eigenvalue weighted by atomic mass is 9.97. The number of hydrogen-bond acceptors (Lipinski definition) is 3. The first-order valence-corrected chi connectivity index (χ1v) is 11.8. The summed E-state index contributed by atoms with van der Waals surface area (Å²) in [5.74, 6) is -0.513. The van der Waals surface area contributed by atoms with Crippen LogP contribution in [0.2, 0.25) is 5.02 Å². The monoisotopic (exact) mass is 476 g/mol.